The maximum absolute atomic E-state index is 11.4. The predicted molar refractivity (Wildman–Crippen MR) is 64.0 cm³/mol. The van der Waals surface area contributed by atoms with Gasteiger partial charge in [-0.3, -0.25) is 4.79 Å². The number of Topliss-reactive ketones (excluding diaryl/α,β-unsaturated/α-hetero) is 1. The summed E-state index contributed by atoms with van der Waals surface area (Å²) in [7, 11) is 0. The Morgan fingerprint density at radius 2 is 2.12 bits per heavy atom. The van der Waals surface area contributed by atoms with Gasteiger partial charge < -0.3 is 14.8 Å². The molecule has 1 aromatic heterocycles. The van der Waals surface area contributed by atoms with E-state index in [9.17, 15) is 9.59 Å². The number of nitrogens with one attached hydrogen (secondary N) is 1. The van der Waals surface area contributed by atoms with E-state index in [-0.39, 0.29) is 24.5 Å². The van der Waals surface area contributed by atoms with Gasteiger partial charge in [0.25, 0.3) is 0 Å². The summed E-state index contributed by atoms with van der Waals surface area (Å²) in [4.78, 5) is 26.1. The van der Waals surface area contributed by atoms with E-state index in [2.05, 4.69) is 10.3 Å². The highest BCUT2D eigenvalue weighted by Crippen LogP contribution is 2.11. The van der Waals surface area contributed by atoms with Gasteiger partial charge in [0.05, 0.1) is 18.5 Å². The molecule has 1 heterocycles. The second-order valence-electron chi connectivity index (χ2n) is 3.57. The van der Waals surface area contributed by atoms with Crippen molar-refractivity contribution >= 4 is 17.4 Å². The summed E-state index contributed by atoms with van der Waals surface area (Å²) >= 11 is 0. The lowest BCUT2D eigenvalue weighted by Gasteiger charge is -2.05. The molecule has 0 saturated carbocycles. The van der Waals surface area contributed by atoms with Crippen LogP contribution in [0.2, 0.25) is 0 Å². The molecule has 0 spiro atoms. The van der Waals surface area contributed by atoms with Crippen molar-refractivity contribution in [3.05, 3.63) is 18.3 Å². The predicted octanol–water partition coefficient (Wildman–Crippen LogP) is 1.79. The minimum absolute atomic E-state index is 0.00460. The van der Waals surface area contributed by atoms with Crippen LogP contribution in [-0.2, 0) is 9.59 Å². The standard InChI is InChI=1S/C12H16N2O3/c1-3-17-12-7-5-10(8-13-12)14-11(16)6-4-9(2)15/h5,7-8H,3-4,6H2,1-2H3,(H,14,16). The van der Waals surface area contributed by atoms with Crippen LogP contribution in [0, 0.1) is 0 Å². The lowest BCUT2D eigenvalue weighted by Crippen LogP contribution is -2.12. The molecule has 1 aromatic rings. The number of aromatic nitrogens is 1. The Morgan fingerprint density at radius 3 is 2.65 bits per heavy atom. The topological polar surface area (TPSA) is 68.3 Å². The number of hydrogen-bond donors (Lipinski definition) is 1. The van der Waals surface area contributed by atoms with Gasteiger partial charge in [0.15, 0.2) is 0 Å². The molecule has 0 bridgehead atoms. The average Bonchev–Trinajstić information content (AvgIpc) is 2.29. The summed E-state index contributed by atoms with van der Waals surface area (Å²) < 4.78 is 5.18. The number of amides is 1. The molecule has 1 rings (SSSR count). The third-order valence-corrected chi connectivity index (χ3v) is 2.02. The summed E-state index contributed by atoms with van der Waals surface area (Å²) in [5.74, 6) is 0.338. The van der Waals surface area contributed by atoms with Crippen LogP contribution < -0.4 is 10.1 Å². The van der Waals surface area contributed by atoms with E-state index in [0.29, 0.717) is 18.2 Å². The summed E-state index contributed by atoms with van der Waals surface area (Å²) in [6.45, 7) is 3.89. The van der Waals surface area contributed by atoms with E-state index < -0.39 is 0 Å². The number of anilines is 1. The SMILES string of the molecule is CCOc1ccc(NC(=O)CCC(C)=O)cn1. The number of ketones is 1. The van der Waals surface area contributed by atoms with Crippen LogP contribution in [0.15, 0.2) is 18.3 Å². The summed E-state index contributed by atoms with van der Waals surface area (Å²) in [5, 5.41) is 2.66. The van der Waals surface area contributed by atoms with Gasteiger partial charge in [0, 0.05) is 18.9 Å². The van der Waals surface area contributed by atoms with Crippen molar-refractivity contribution in [1.29, 1.82) is 0 Å². The van der Waals surface area contributed by atoms with Crippen molar-refractivity contribution in [3.63, 3.8) is 0 Å². The summed E-state index contributed by atoms with van der Waals surface area (Å²) in [6.07, 6.45) is 1.98. The molecule has 0 radical (unpaired) electrons. The minimum Gasteiger partial charge on any atom is -0.478 e. The van der Waals surface area contributed by atoms with E-state index in [1.165, 1.54) is 13.1 Å². The first kappa shape index (κ1) is 13.2. The van der Waals surface area contributed by atoms with Gasteiger partial charge in [-0.15, -0.1) is 0 Å². The quantitative estimate of drug-likeness (QED) is 0.817. The molecular weight excluding hydrogens is 220 g/mol. The highest BCUT2D eigenvalue weighted by Gasteiger charge is 2.04. The molecule has 0 aliphatic heterocycles. The Bertz CT molecular complexity index is 387. The fraction of sp³-hybridized carbons (Fsp3) is 0.417. The van der Waals surface area contributed by atoms with Crippen LogP contribution in [0.5, 0.6) is 5.88 Å². The normalized spacial score (nSPS) is 9.76. The smallest absolute Gasteiger partial charge is 0.224 e. The lowest BCUT2D eigenvalue weighted by atomic mass is 10.2. The Balaban J connectivity index is 2.45. The van der Waals surface area contributed by atoms with Crippen LogP contribution in [0.25, 0.3) is 0 Å². The minimum atomic E-state index is -0.189. The first-order valence-electron chi connectivity index (χ1n) is 5.50. The van der Waals surface area contributed by atoms with Crippen molar-refractivity contribution in [2.75, 3.05) is 11.9 Å². The molecule has 0 fully saturated rings. The van der Waals surface area contributed by atoms with Crippen molar-refractivity contribution in [1.82, 2.24) is 4.98 Å². The number of carbonyl (C=O) groups is 2. The zero-order chi connectivity index (χ0) is 12.7. The van der Waals surface area contributed by atoms with Crippen LogP contribution in [-0.4, -0.2) is 23.3 Å². The van der Waals surface area contributed by atoms with Crippen molar-refractivity contribution in [3.8, 4) is 5.88 Å². The van der Waals surface area contributed by atoms with Gasteiger partial charge in [-0.1, -0.05) is 0 Å². The van der Waals surface area contributed by atoms with Crippen LogP contribution in [0.3, 0.4) is 0 Å². The summed E-state index contributed by atoms with van der Waals surface area (Å²) in [5.41, 5.74) is 0.599. The molecule has 92 valence electrons. The molecule has 0 atom stereocenters. The number of rotatable bonds is 6. The Labute approximate surface area is 100 Å². The third kappa shape index (κ3) is 5.10. The van der Waals surface area contributed by atoms with E-state index in [0.717, 1.165) is 0 Å². The number of carbonyl (C=O) groups excluding carboxylic acids is 2. The first-order chi connectivity index (χ1) is 8.11. The second-order valence-corrected chi connectivity index (χ2v) is 3.57. The van der Waals surface area contributed by atoms with Crippen LogP contribution in [0.4, 0.5) is 5.69 Å². The molecule has 5 heteroatoms. The second kappa shape index (κ2) is 6.62. The fourth-order valence-electron chi connectivity index (χ4n) is 1.20. The average molecular weight is 236 g/mol. The number of pyridine rings is 1. The highest BCUT2D eigenvalue weighted by molar-refractivity contribution is 5.93. The molecule has 0 aliphatic carbocycles. The van der Waals surface area contributed by atoms with Crippen molar-refractivity contribution < 1.29 is 14.3 Å². The molecule has 1 N–H and O–H groups in total. The first-order valence-corrected chi connectivity index (χ1v) is 5.50. The maximum atomic E-state index is 11.4. The Morgan fingerprint density at radius 1 is 1.35 bits per heavy atom. The van der Waals surface area contributed by atoms with Gasteiger partial charge in [-0.05, 0) is 19.9 Å². The largest absolute Gasteiger partial charge is 0.478 e. The van der Waals surface area contributed by atoms with Gasteiger partial charge in [0.1, 0.15) is 5.78 Å². The summed E-state index contributed by atoms with van der Waals surface area (Å²) in [6, 6.07) is 3.40. The highest BCUT2D eigenvalue weighted by atomic mass is 16.5. The van der Waals surface area contributed by atoms with Crippen LogP contribution in [0.1, 0.15) is 26.7 Å². The number of nitrogens with zero attached hydrogens (tertiary/aromatic N) is 1. The fourth-order valence-corrected chi connectivity index (χ4v) is 1.20. The van der Waals surface area contributed by atoms with Gasteiger partial charge in [-0.2, -0.15) is 0 Å². The molecule has 17 heavy (non-hydrogen) atoms. The van der Waals surface area contributed by atoms with Crippen molar-refractivity contribution in [2.45, 2.75) is 26.7 Å². The molecule has 0 aromatic carbocycles. The van der Waals surface area contributed by atoms with E-state index in [4.69, 9.17) is 4.74 Å². The molecule has 0 unspecified atom stereocenters. The molecule has 5 nitrogen and oxygen atoms in total. The van der Waals surface area contributed by atoms with E-state index >= 15 is 0 Å². The Kier molecular flexibility index (Phi) is 5.13. The molecule has 1 amide bonds. The molecule has 0 saturated heterocycles. The molecular formula is C12H16N2O3. The third-order valence-electron chi connectivity index (χ3n) is 2.02. The van der Waals surface area contributed by atoms with Crippen LogP contribution >= 0.6 is 0 Å². The van der Waals surface area contributed by atoms with Gasteiger partial charge in [-0.25, -0.2) is 4.98 Å². The number of ether oxygens (including phenoxy) is 1. The zero-order valence-corrected chi connectivity index (χ0v) is 10.0. The van der Waals surface area contributed by atoms with Crippen molar-refractivity contribution in [2.24, 2.45) is 0 Å². The number of hydrogen-bond acceptors (Lipinski definition) is 4. The molecule has 0 aliphatic rings. The van der Waals surface area contributed by atoms with E-state index in [1.807, 2.05) is 6.92 Å². The maximum Gasteiger partial charge on any atom is 0.224 e. The van der Waals surface area contributed by atoms with Gasteiger partial charge in [0.2, 0.25) is 11.8 Å². The Hall–Kier alpha value is -1.91. The van der Waals surface area contributed by atoms with E-state index in [1.54, 1.807) is 12.1 Å². The lowest BCUT2D eigenvalue weighted by molar-refractivity contribution is -0.121. The monoisotopic (exact) mass is 236 g/mol. The van der Waals surface area contributed by atoms with Gasteiger partial charge >= 0.3 is 0 Å². The zero-order valence-electron chi connectivity index (χ0n) is 10.0.